The number of sulfonamides is 1. The van der Waals surface area contributed by atoms with E-state index in [0.717, 1.165) is 11.1 Å². The van der Waals surface area contributed by atoms with Crippen LogP contribution in [-0.2, 0) is 30.9 Å². The van der Waals surface area contributed by atoms with Crippen LogP contribution in [0.2, 0.25) is 0 Å². The van der Waals surface area contributed by atoms with E-state index in [0.29, 0.717) is 10.5 Å². The maximum atomic E-state index is 13.5. The first-order chi connectivity index (χ1) is 17.2. The van der Waals surface area contributed by atoms with Gasteiger partial charge in [0.1, 0.15) is 0 Å². The monoisotopic (exact) mass is 543 g/mol. The number of benzene rings is 2. The third kappa shape index (κ3) is 9.78. The normalized spacial score (nSPS) is 12.9. The van der Waals surface area contributed by atoms with Crippen molar-refractivity contribution in [2.24, 2.45) is 0 Å². The van der Waals surface area contributed by atoms with Crippen LogP contribution in [0.4, 0.5) is 13.2 Å². The largest absolute Gasteiger partial charge is 0.471 e. The van der Waals surface area contributed by atoms with Crippen molar-refractivity contribution in [2.75, 3.05) is 33.3 Å². The Labute approximate surface area is 215 Å². The second-order valence-electron chi connectivity index (χ2n) is 8.81. The Bertz CT molecular complexity index is 1170. The van der Waals surface area contributed by atoms with Gasteiger partial charge in [-0.05, 0) is 45.5 Å². The quantitative estimate of drug-likeness (QED) is 0.414. The predicted octanol–water partition coefficient (Wildman–Crippen LogP) is 3.04. The van der Waals surface area contributed by atoms with Crippen molar-refractivity contribution in [2.45, 2.75) is 44.4 Å². The third-order valence-electron chi connectivity index (χ3n) is 5.32. The number of rotatable bonds is 12. The summed E-state index contributed by atoms with van der Waals surface area (Å²) in [6.45, 7) is 3.95. The molecule has 0 unspecified atom stereocenters. The van der Waals surface area contributed by atoms with Crippen LogP contribution in [0.15, 0.2) is 53.4 Å². The predicted molar refractivity (Wildman–Crippen MR) is 132 cm³/mol. The summed E-state index contributed by atoms with van der Waals surface area (Å²) in [5.41, 5.74) is 2.07. The maximum absolute atomic E-state index is 13.5. The Morgan fingerprint density at radius 2 is 1.68 bits per heavy atom. The van der Waals surface area contributed by atoms with Gasteiger partial charge in [-0.2, -0.15) is 13.2 Å². The van der Waals surface area contributed by atoms with Crippen LogP contribution in [0.25, 0.3) is 0 Å². The molecule has 0 saturated heterocycles. The van der Waals surface area contributed by atoms with Gasteiger partial charge in [0.15, 0.2) is 0 Å². The summed E-state index contributed by atoms with van der Waals surface area (Å²) < 4.78 is 73.9. The molecule has 8 nitrogen and oxygen atoms in total. The van der Waals surface area contributed by atoms with Gasteiger partial charge in [-0.25, -0.2) is 13.1 Å². The fourth-order valence-electron chi connectivity index (χ4n) is 3.70. The Kier molecular flexibility index (Phi) is 10.6. The molecule has 1 N–H and O–H groups in total. The topological polar surface area (TPSA) is 96.0 Å². The van der Waals surface area contributed by atoms with Crippen LogP contribution >= 0.6 is 0 Å². The molecule has 1 atom stereocenters. The molecule has 12 heteroatoms. The first-order valence-corrected chi connectivity index (χ1v) is 13.0. The van der Waals surface area contributed by atoms with E-state index in [1.54, 1.807) is 57.2 Å². The average molecular weight is 544 g/mol. The van der Waals surface area contributed by atoms with E-state index in [1.807, 2.05) is 0 Å². The summed E-state index contributed by atoms with van der Waals surface area (Å²) in [4.78, 5) is 26.1. The minimum absolute atomic E-state index is 0.0801. The molecule has 2 rings (SSSR count). The summed E-state index contributed by atoms with van der Waals surface area (Å²) in [5.74, 6) is -2.67. The van der Waals surface area contributed by atoms with E-state index >= 15 is 0 Å². The highest BCUT2D eigenvalue weighted by molar-refractivity contribution is 7.89. The maximum Gasteiger partial charge on any atom is 0.471 e. The average Bonchev–Trinajstić information content (AvgIpc) is 2.77. The Balaban J connectivity index is 2.38. The van der Waals surface area contributed by atoms with Crippen molar-refractivity contribution in [3.05, 3.63) is 65.2 Å². The Hall–Kier alpha value is -2.96. The summed E-state index contributed by atoms with van der Waals surface area (Å²) in [7, 11) is -2.66. The lowest BCUT2D eigenvalue weighted by atomic mass is 10.1. The smallest absolute Gasteiger partial charge is 0.465 e. The van der Waals surface area contributed by atoms with Crippen molar-refractivity contribution in [1.82, 2.24) is 14.5 Å². The number of halogens is 3. The Morgan fingerprint density at radius 3 is 2.24 bits per heavy atom. The van der Waals surface area contributed by atoms with E-state index in [-0.39, 0.29) is 31.1 Å². The number of ether oxygens (including phenoxy) is 1. The lowest BCUT2D eigenvalue weighted by Gasteiger charge is -2.31. The van der Waals surface area contributed by atoms with Gasteiger partial charge in [-0.1, -0.05) is 47.5 Å². The van der Waals surface area contributed by atoms with Gasteiger partial charge in [0.2, 0.25) is 10.0 Å². The zero-order valence-corrected chi connectivity index (χ0v) is 22.0. The van der Waals surface area contributed by atoms with E-state index in [4.69, 9.17) is 4.74 Å². The van der Waals surface area contributed by atoms with E-state index in [1.165, 1.54) is 24.1 Å². The van der Waals surface area contributed by atoms with Crippen LogP contribution in [0.3, 0.4) is 0 Å². The number of esters is 1. The summed E-state index contributed by atoms with van der Waals surface area (Å²) >= 11 is 0. The highest BCUT2D eigenvalue weighted by Crippen LogP contribution is 2.21. The highest BCUT2D eigenvalue weighted by atomic mass is 32.2. The molecule has 0 aliphatic rings. The third-order valence-corrected chi connectivity index (χ3v) is 6.85. The van der Waals surface area contributed by atoms with E-state index < -0.39 is 40.7 Å². The minimum atomic E-state index is -5.17. The molecule has 1 amide bonds. The zero-order chi connectivity index (χ0) is 27.8. The number of carbonyl (C=O) groups is 2. The van der Waals surface area contributed by atoms with Gasteiger partial charge in [0, 0.05) is 19.6 Å². The molecule has 0 aliphatic carbocycles. The van der Waals surface area contributed by atoms with Crippen molar-refractivity contribution >= 4 is 21.9 Å². The fraction of sp³-hybridized carbons (Fsp3) is 0.440. The molecule has 0 aliphatic heterocycles. The molecular formula is C25H32F3N3O5S. The fourth-order valence-corrected chi connectivity index (χ4v) is 4.92. The van der Waals surface area contributed by atoms with Gasteiger partial charge in [-0.3, -0.25) is 14.5 Å². The molecule has 0 saturated carbocycles. The SMILES string of the molecule is CCOC(=O)CN(C)C[C@H](CN(Cc1cccc(C)c1)C(=O)C(F)(F)F)NS(=O)(=O)c1ccc(C)cc1. The van der Waals surface area contributed by atoms with Crippen molar-refractivity contribution in [3.63, 3.8) is 0 Å². The first-order valence-electron chi connectivity index (χ1n) is 11.6. The number of nitrogens with one attached hydrogen (secondary N) is 1. The zero-order valence-electron chi connectivity index (χ0n) is 21.2. The number of amides is 1. The number of hydrogen-bond donors (Lipinski definition) is 1. The lowest BCUT2D eigenvalue weighted by molar-refractivity contribution is -0.186. The number of hydrogen-bond acceptors (Lipinski definition) is 6. The molecule has 204 valence electrons. The van der Waals surface area contributed by atoms with Crippen molar-refractivity contribution in [1.29, 1.82) is 0 Å². The highest BCUT2D eigenvalue weighted by Gasteiger charge is 2.43. The molecule has 0 spiro atoms. The van der Waals surface area contributed by atoms with Crippen LogP contribution in [-0.4, -0.2) is 75.6 Å². The molecule has 0 heterocycles. The van der Waals surface area contributed by atoms with Crippen molar-refractivity contribution < 1.29 is 35.9 Å². The Morgan fingerprint density at radius 1 is 1.03 bits per heavy atom. The van der Waals surface area contributed by atoms with E-state index in [9.17, 15) is 31.2 Å². The second kappa shape index (κ2) is 13.0. The summed E-state index contributed by atoms with van der Waals surface area (Å²) in [5, 5.41) is 0. The summed E-state index contributed by atoms with van der Waals surface area (Å²) in [6.07, 6.45) is -5.17. The van der Waals surface area contributed by atoms with Gasteiger partial charge in [0.05, 0.1) is 24.1 Å². The number of likely N-dealkylation sites (N-methyl/N-ethyl adjacent to an activating group) is 1. The van der Waals surface area contributed by atoms with Crippen LogP contribution in [0.1, 0.15) is 23.6 Å². The number of aryl methyl sites for hydroxylation is 2. The second-order valence-corrected chi connectivity index (χ2v) is 10.5. The van der Waals surface area contributed by atoms with Crippen LogP contribution in [0, 0.1) is 13.8 Å². The van der Waals surface area contributed by atoms with Gasteiger partial charge >= 0.3 is 18.1 Å². The van der Waals surface area contributed by atoms with Crippen LogP contribution < -0.4 is 4.72 Å². The molecule has 2 aromatic rings. The number of carbonyl (C=O) groups excluding carboxylic acids is 2. The number of alkyl halides is 3. The minimum Gasteiger partial charge on any atom is -0.465 e. The molecule has 0 radical (unpaired) electrons. The number of nitrogens with zero attached hydrogens (tertiary/aromatic N) is 2. The lowest BCUT2D eigenvalue weighted by Crippen LogP contribution is -2.53. The van der Waals surface area contributed by atoms with Gasteiger partial charge < -0.3 is 9.64 Å². The molecular weight excluding hydrogens is 511 g/mol. The first kappa shape index (κ1) is 30.3. The van der Waals surface area contributed by atoms with Gasteiger partial charge in [-0.15, -0.1) is 0 Å². The van der Waals surface area contributed by atoms with Crippen molar-refractivity contribution in [3.8, 4) is 0 Å². The standard InChI is InChI=1S/C25H32F3N3O5S/c1-5-36-23(32)17-30(4)15-21(29-37(34,35)22-11-9-18(2)10-12-22)16-31(24(33)25(26,27)28)14-20-8-6-7-19(3)13-20/h6-13,21,29H,5,14-17H2,1-4H3/t21-/m1/s1. The van der Waals surface area contributed by atoms with E-state index in [2.05, 4.69) is 4.72 Å². The van der Waals surface area contributed by atoms with Gasteiger partial charge in [0.25, 0.3) is 0 Å². The van der Waals surface area contributed by atoms with Crippen LogP contribution in [0.5, 0.6) is 0 Å². The summed E-state index contributed by atoms with van der Waals surface area (Å²) in [6, 6.07) is 11.4. The molecule has 0 fully saturated rings. The molecule has 0 bridgehead atoms. The molecule has 2 aromatic carbocycles. The molecule has 37 heavy (non-hydrogen) atoms. The molecule has 0 aromatic heterocycles.